The Hall–Kier alpha value is -2.63. The molecule has 6 nitrogen and oxygen atoms in total. The van der Waals surface area contributed by atoms with E-state index >= 15 is 0 Å². The second-order valence-electron chi connectivity index (χ2n) is 9.66. The smallest absolute Gasteiger partial charge is 0.341 e. The lowest BCUT2D eigenvalue weighted by Gasteiger charge is -2.34. The lowest BCUT2D eigenvalue weighted by Crippen LogP contribution is -2.40. The van der Waals surface area contributed by atoms with Crippen LogP contribution in [0.5, 0.6) is 0 Å². The summed E-state index contributed by atoms with van der Waals surface area (Å²) in [4.78, 5) is 27.5. The average Bonchev–Trinajstić information content (AvgIpc) is 3.61. The Morgan fingerprint density at radius 1 is 1.00 bits per heavy atom. The molecule has 32 heavy (non-hydrogen) atoms. The van der Waals surface area contributed by atoms with Crippen LogP contribution in [0.25, 0.3) is 5.69 Å². The number of rotatable bonds is 5. The highest BCUT2D eigenvalue weighted by atomic mass is 16.5. The molecule has 1 amide bonds. The van der Waals surface area contributed by atoms with Gasteiger partial charge in [0.2, 0.25) is 5.91 Å². The van der Waals surface area contributed by atoms with Crippen molar-refractivity contribution in [3.05, 3.63) is 47.3 Å². The number of aromatic nitrogens is 2. The van der Waals surface area contributed by atoms with Crippen LogP contribution >= 0.6 is 0 Å². The van der Waals surface area contributed by atoms with E-state index in [-0.39, 0.29) is 11.9 Å². The maximum atomic E-state index is 13.1. The minimum atomic E-state index is -0.319. The zero-order chi connectivity index (χ0) is 22.1. The quantitative estimate of drug-likeness (QED) is 0.632. The number of piperidine rings is 1. The monoisotopic (exact) mass is 435 g/mol. The van der Waals surface area contributed by atoms with E-state index in [1.807, 2.05) is 4.68 Å². The van der Waals surface area contributed by atoms with Crippen LogP contribution in [0.2, 0.25) is 0 Å². The Morgan fingerprint density at radius 3 is 2.56 bits per heavy atom. The van der Waals surface area contributed by atoms with Gasteiger partial charge in [-0.05, 0) is 75.0 Å². The zero-order valence-corrected chi connectivity index (χ0v) is 19.0. The number of amides is 1. The van der Waals surface area contributed by atoms with Crippen LogP contribution in [-0.2, 0) is 9.53 Å². The van der Waals surface area contributed by atoms with Crippen LogP contribution in [0.4, 0.5) is 0 Å². The fraction of sp³-hybridized carbons (Fsp3) is 0.577. The van der Waals surface area contributed by atoms with Gasteiger partial charge in [0, 0.05) is 24.9 Å². The number of hydrogen-bond donors (Lipinski definition) is 0. The van der Waals surface area contributed by atoms with Gasteiger partial charge >= 0.3 is 5.97 Å². The van der Waals surface area contributed by atoms with Crippen molar-refractivity contribution in [3.63, 3.8) is 0 Å². The molecule has 6 heteroatoms. The first kappa shape index (κ1) is 21.2. The third kappa shape index (κ3) is 4.19. The molecular weight excluding hydrogens is 402 g/mol. The Morgan fingerprint density at radius 2 is 1.81 bits per heavy atom. The van der Waals surface area contributed by atoms with Gasteiger partial charge in [-0.3, -0.25) is 4.79 Å². The van der Waals surface area contributed by atoms with Crippen molar-refractivity contribution < 1.29 is 14.3 Å². The van der Waals surface area contributed by atoms with E-state index in [4.69, 9.17) is 4.74 Å². The zero-order valence-electron chi connectivity index (χ0n) is 19.0. The van der Waals surface area contributed by atoms with Gasteiger partial charge in [-0.25, -0.2) is 9.48 Å². The average molecular weight is 436 g/mol. The fourth-order valence-electron chi connectivity index (χ4n) is 5.58. The summed E-state index contributed by atoms with van der Waals surface area (Å²) < 4.78 is 6.90. The van der Waals surface area contributed by atoms with Crippen LogP contribution < -0.4 is 0 Å². The second kappa shape index (κ2) is 9.08. The van der Waals surface area contributed by atoms with Crippen LogP contribution in [-0.4, -0.2) is 46.8 Å². The number of benzene rings is 1. The van der Waals surface area contributed by atoms with Crippen molar-refractivity contribution in [1.29, 1.82) is 0 Å². The van der Waals surface area contributed by atoms with Crippen LogP contribution in [0.1, 0.15) is 91.2 Å². The summed E-state index contributed by atoms with van der Waals surface area (Å²) in [5.41, 5.74) is 3.81. The number of carbonyl (C=O) groups is 2. The van der Waals surface area contributed by atoms with Gasteiger partial charge < -0.3 is 9.64 Å². The maximum Gasteiger partial charge on any atom is 0.341 e. The van der Waals surface area contributed by atoms with Crippen molar-refractivity contribution in [2.45, 2.75) is 69.6 Å². The summed E-state index contributed by atoms with van der Waals surface area (Å²) in [6.07, 6.45) is 11.5. The molecule has 5 rings (SSSR count). The maximum absolute atomic E-state index is 13.1. The molecule has 1 saturated heterocycles. The number of methoxy groups -OCH3 is 1. The van der Waals surface area contributed by atoms with Crippen molar-refractivity contribution >= 4 is 11.9 Å². The summed E-state index contributed by atoms with van der Waals surface area (Å²) in [5.74, 6) is 0.962. The molecule has 2 saturated carbocycles. The molecule has 0 radical (unpaired) electrons. The molecule has 2 aliphatic carbocycles. The molecule has 1 aromatic heterocycles. The van der Waals surface area contributed by atoms with E-state index in [9.17, 15) is 9.59 Å². The highest BCUT2D eigenvalue weighted by Crippen LogP contribution is 2.43. The Balaban J connectivity index is 1.37. The molecule has 3 aliphatic rings. The molecule has 3 fully saturated rings. The second-order valence-corrected chi connectivity index (χ2v) is 9.66. The minimum absolute atomic E-state index is 0.146. The highest BCUT2D eigenvalue weighted by molar-refractivity contribution is 5.91. The van der Waals surface area contributed by atoms with Gasteiger partial charge in [0.25, 0.3) is 0 Å². The largest absolute Gasteiger partial charge is 0.465 e. The van der Waals surface area contributed by atoms with E-state index in [0.717, 1.165) is 75.8 Å². The first-order valence-electron chi connectivity index (χ1n) is 12.2. The number of hydrogen-bond acceptors (Lipinski definition) is 4. The van der Waals surface area contributed by atoms with Gasteiger partial charge in [-0.1, -0.05) is 18.6 Å². The van der Waals surface area contributed by atoms with Crippen molar-refractivity contribution in [3.8, 4) is 5.69 Å². The predicted octanol–water partition coefficient (Wildman–Crippen LogP) is 4.82. The van der Waals surface area contributed by atoms with E-state index < -0.39 is 0 Å². The summed E-state index contributed by atoms with van der Waals surface area (Å²) in [6, 6.07) is 8.53. The third-order valence-corrected chi connectivity index (χ3v) is 7.45. The third-order valence-electron chi connectivity index (χ3n) is 7.45. The molecule has 2 atom stereocenters. The Kier molecular flexibility index (Phi) is 6.03. The number of ether oxygens (including phenoxy) is 1. The van der Waals surface area contributed by atoms with Gasteiger partial charge in [0.1, 0.15) is 5.56 Å². The summed E-state index contributed by atoms with van der Waals surface area (Å²) in [5, 5.41) is 4.56. The van der Waals surface area contributed by atoms with Crippen molar-refractivity contribution in [1.82, 2.24) is 14.7 Å². The normalized spacial score (nSPS) is 23.7. The van der Waals surface area contributed by atoms with E-state index in [0.29, 0.717) is 23.3 Å². The fourth-order valence-corrected chi connectivity index (χ4v) is 5.58. The Labute approximate surface area is 189 Å². The molecule has 2 heterocycles. The summed E-state index contributed by atoms with van der Waals surface area (Å²) >= 11 is 0. The molecule has 0 unspecified atom stereocenters. The lowest BCUT2D eigenvalue weighted by molar-refractivity contribution is -0.137. The standard InChI is InChI=1S/C26H33N3O3/c1-32-26(31)23-17-27-29(24(23)18-11-12-18)22-10-6-8-20(16-22)19-7-5-9-21(15-19)25(30)28-13-3-2-4-14-28/h6,8,10,16-19,21H,2-5,7,9,11-15H2,1H3/t19-,21+/m0/s1. The topological polar surface area (TPSA) is 64.4 Å². The van der Waals surface area contributed by atoms with Gasteiger partial charge in [-0.15, -0.1) is 0 Å². The number of esters is 1. The number of nitrogens with zero attached hydrogens (tertiary/aromatic N) is 3. The van der Waals surface area contributed by atoms with Crippen molar-refractivity contribution in [2.75, 3.05) is 20.2 Å². The van der Waals surface area contributed by atoms with E-state index in [2.05, 4.69) is 34.3 Å². The summed E-state index contributed by atoms with van der Waals surface area (Å²) in [7, 11) is 1.42. The molecule has 2 aromatic rings. The van der Waals surface area contributed by atoms with Crippen LogP contribution in [0.15, 0.2) is 30.5 Å². The van der Waals surface area contributed by atoms with Crippen molar-refractivity contribution in [2.24, 2.45) is 5.92 Å². The van der Waals surface area contributed by atoms with Crippen LogP contribution in [0.3, 0.4) is 0 Å². The lowest BCUT2D eigenvalue weighted by atomic mass is 9.77. The Bertz CT molecular complexity index is 988. The van der Waals surface area contributed by atoms with E-state index in [1.165, 1.54) is 19.1 Å². The molecule has 1 aromatic carbocycles. The van der Waals surface area contributed by atoms with Crippen LogP contribution in [0, 0.1) is 5.92 Å². The summed E-state index contributed by atoms with van der Waals surface area (Å²) in [6.45, 7) is 1.86. The van der Waals surface area contributed by atoms with Gasteiger partial charge in [-0.2, -0.15) is 5.10 Å². The first-order valence-corrected chi connectivity index (χ1v) is 12.2. The molecule has 1 aliphatic heterocycles. The molecule has 0 N–H and O–H groups in total. The predicted molar refractivity (Wildman–Crippen MR) is 122 cm³/mol. The molecule has 0 spiro atoms. The molecular formula is C26H33N3O3. The number of likely N-dealkylation sites (tertiary alicyclic amines) is 1. The highest BCUT2D eigenvalue weighted by Gasteiger charge is 2.34. The molecule has 0 bridgehead atoms. The van der Waals surface area contributed by atoms with E-state index in [1.54, 1.807) is 6.20 Å². The minimum Gasteiger partial charge on any atom is -0.465 e. The SMILES string of the molecule is COC(=O)c1cnn(-c2cccc([C@H]3CCC[C@@H](C(=O)N4CCCCC4)C3)c2)c1C1CC1. The molecule has 170 valence electrons. The van der Waals surface area contributed by atoms with Gasteiger partial charge in [0.15, 0.2) is 0 Å². The number of carbonyl (C=O) groups excluding carboxylic acids is 2. The van der Waals surface area contributed by atoms with Gasteiger partial charge in [0.05, 0.1) is 24.7 Å². The first-order chi connectivity index (χ1) is 15.7.